The molecule has 6 nitrogen and oxygen atoms in total. The van der Waals surface area contributed by atoms with Crippen LogP contribution < -0.4 is 5.32 Å². The highest BCUT2D eigenvalue weighted by molar-refractivity contribution is 9.10. The molecule has 7 heteroatoms. The van der Waals surface area contributed by atoms with Crippen LogP contribution in [0.5, 0.6) is 0 Å². The second kappa shape index (κ2) is 23.0. The van der Waals surface area contributed by atoms with E-state index in [0.717, 1.165) is 23.2 Å². The smallest absolute Gasteiger partial charge is 0.179 e. The third kappa shape index (κ3) is 15.2. The van der Waals surface area contributed by atoms with Gasteiger partial charge in [-0.25, -0.2) is 0 Å². The van der Waals surface area contributed by atoms with Crippen molar-refractivity contribution >= 4 is 27.5 Å². The molecule has 4 aromatic rings. The molecule has 0 amide bonds. The summed E-state index contributed by atoms with van der Waals surface area (Å²) in [5.41, 5.74) is 6.19. The number of hydrogen-bond acceptors (Lipinski definition) is 6. The number of carbonyl (C=O) groups is 2. The Morgan fingerprint density at radius 1 is 0.696 bits per heavy atom. The summed E-state index contributed by atoms with van der Waals surface area (Å²) >= 11 is 3.25. The molecule has 0 aliphatic heterocycles. The Bertz CT molecular complexity index is 1380. The maximum absolute atomic E-state index is 12.6. The van der Waals surface area contributed by atoms with Crippen LogP contribution in [0.4, 0.5) is 0 Å². The van der Waals surface area contributed by atoms with E-state index in [-0.39, 0.29) is 43.1 Å². The summed E-state index contributed by atoms with van der Waals surface area (Å²) in [4.78, 5) is 26.0. The van der Waals surface area contributed by atoms with Crippen LogP contribution in [0.3, 0.4) is 0 Å². The van der Waals surface area contributed by atoms with Crippen molar-refractivity contribution in [2.45, 2.75) is 59.1 Å². The number of aliphatic hydroxyl groups excluding tert-OH is 2. The van der Waals surface area contributed by atoms with Crippen LogP contribution in [0, 0.1) is 13.8 Å². The van der Waals surface area contributed by atoms with Gasteiger partial charge in [0, 0.05) is 37.3 Å². The predicted molar refractivity (Wildman–Crippen MR) is 195 cm³/mol. The molecule has 3 N–H and O–H groups in total. The van der Waals surface area contributed by atoms with Crippen LogP contribution in [0.2, 0.25) is 0 Å². The third-order valence-electron chi connectivity index (χ3n) is 7.04. The number of nitrogens with zero attached hydrogens (tertiary/aromatic N) is 1. The van der Waals surface area contributed by atoms with E-state index in [0.29, 0.717) is 25.2 Å². The molecule has 2 unspecified atom stereocenters. The van der Waals surface area contributed by atoms with Crippen LogP contribution in [-0.2, 0) is 13.1 Å². The molecule has 0 aliphatic rings. The molecule has 0 heterocycles. The number of nitrogens with one attached hydrogen (secondary N) is 1. The lowest BCUT2D eigenvalue weighted by Gasteiger charge is -2.27. The zero-order chi connectivity index (χ0) is 33.0. The highest BCUT2D eigenvalue weighted by atomic mass is 79.9. The predicted octanol–water partition coefficient (Wildman–Crippen LogP) is 7.43. The van der Waals surface area contributed by atoms with Crippen LogP contribution in [0.1, 0.15) is 64.2 Å². The first-order valence-electron chi connectivity index (χ1n) is 15.3. The highest BCUT2D eigenvalue weighted by Gasteiger charge is 2.22. The largest absolute Gasteiger partial charge is 0.395 e. The first-order valence-corrected chi connectivity index (χ1v) is 16.2. The molecule has 46 heavy (non-hydrogen) atoms. The van der Waals surface area contributed by atoms with Gasteiger partial charge >= 0.3 is 0 Å². The van der Waals surface area contributed by atoms with E-state index in [1.807, 2.05) is 130 Å². The molecule has 0 radical (unpaired) electrons. The highest BCUT2D eigenvalue weighted by Crippen LogP contribution is 2.14. The number of Topliss-reactive ketones (excluding diaryl/α,β-unsaturated/α-hetero) is 2. The van der Waals surface area contributed by atoms with Gasteiger partial charge in [-0.1, -0.05) is 144 Å². The van der Waals surface area contributed by atoms with Crippen molar-refractivity contribution in [2.24, 2.45) is 0 Å². The molecule has 0 fully saturated rings. The summed E-state index contributed by atoms with van der Waals surface area (Å²) < 4.78 is 0. The van der Waals surface area contributed by atoms with E-state index in [1.165, 1.54) is 11.1 Å². The van der Waals surface area contributed by atoms with Crippen LogP contribution >= 0.6 is 15.9 Å². The van der Waals surface area contributed by atoms with Gasteiger partial charge in [-0.3, -0.25) is 14.5 Å². The fourth-order valence-corrected chi connectivity index (χ4v) is 4.60. The van der Waals surface area contributed by atoms with Gasteiger partial charge in [0.2, 0.25) is 0 Å². The zero-order valence-corrected chi connectivity index (χ0v) is 28.4. The second-order valence-corrected chi connectivity index (χ2v) is 12.2. The SMILES string of the molecule is C.Cc1ccc(C(=O)C(C)Br)cc1.Cc1ccc(C(=O)C(C)N(CCO)Cc2ccccc2)cc1.OCCNCc1ccccc1. The van der Waals surface area contributed by atoms with Crippen molar-refractivity contribution in [3.8, 4) is 0 Å². The minimum absolute atomic E-state index is 0. The molecule has 0 spiro atoms. The monoisotopic (exact) mass is 690 g/mol. The average Bonchev–Trinajstić information content (AvgIpc) is 3.06. The van der Waals surface area contributed by atoms with Gasteiger partial charge in [0.05, 0.1) is 24.1 Å². The van der Waals surface area contributed by atoms with Crippen molar-refractivity contribution < 1.29 is 19.8 Å². The maximum atomic E-state index is 12.6. The molecule has 4 rings (SSSR count). The first-order chi connectivity index (χ1) is 21.7. The van der Waals surface area contributed by atoms with Crippen LogP contribution in [0.15, 0.2) is 109 Å². The Balaban J connectivity index is 0.000000374. The van der Waals surface area contributed by atoms with E-state index >= 15 is 0 Å². The number of carbonyl (C=O) groups excluding carboxylic acids is 2. The molecule has 2 atom stereocenters. The number of hydrogen-bond donors (Lipinski definition) is 3. The van der Waals surface area contributed by atoms with Crippen LogP contribution in [-0.4, -0.2) is 63.9 Å². The second-order valence-electron chi connectivity index (χ2n) is 10.8. The minimum Gasteiger partial charge on any atom is -0.395 e. The summed E-state index contributed by atoms with van der Waals surface area (Å²) in [6.07, 6.45) is 0. The number of aryl methyl sites for hydroxylation is 2. The topological polar surface area (TPSA) is 89.9 Å². The molecule has 0 aromatic heterocycles. The van der Waals surface area contributed by atoms with E-state index in [1.54, 1.807) is 0 Å². The van der Waals surface area contributed by atoms with Crippen molar-refractivity contribution in [3.63, 3.8) is 0 Å². The molecule has 0 aliphatic carbocycles. The summed E-state index contributed by atoms with van der Waals surface area (Å²) in [6, 6.07) is 35.1. The van der Waals surface area contributed by atoms with E-state index in [4.69, 9.17) is 5.11 Å². The minimum atomic E-state index is -0.268. The van der Waals surface area contributed by atoms with Gasteiger partial charge in [-0.15, -0.1) is 0 Å². The standard InChI is InChI=1S/C19H23NO2.C10H11BrO.C9H13NO.CH4/c1-15-8-10-18(11-9-15)19(22)16(2)20(12-13-21)14-17-6-4-3-5-7-17;1-7-3-5-9(6-4-7)10(12)8(2)11;11-7-6-10-8-9-4-2-1-3-5-9;/h3-11,16,21H,12-14H2,1-2H3;3-6,8H,1-2H3;1-5,10-11H,6-8H2;1H4. The molecule has 0 bridgehead atoms. The lowest BCUT2D eigenvalue weighted by Crippen LogP contribution is -2.40. The maximum Gasteiger partial charge on any atom is 0.179 e. The Morgan fingerprint density at radius 2 is 1.15 bits per heavy atom. The van der Waals surface area contributed by atoms with E-state index < -0.39 is 0 Å². The third-order valence-corrected chi connectivity index (χ3v) is 7.45. The molecular weight excluding hydrogens is 640 g/mol. The fraction of sp³-hybridized carbons (Fsp3) is 0.333. The van der Waals surface area contributed by atoms with Gasteiger partial charge < -0.3 is 15.5 Å². The van der Waals surface area contributed by atoms with Crippen LogP contribution in [0.25, 0.3) is 0 Å². The lowest BCUT2D eigenvalue weighted by atomic mass is 10.0. The summed E-state index contributed by atoms with van der Waals surface area (Å²) in [7, 11) is 0. The molecular formula is C39H51BrN2O4. The van der Waals surface area contributed by atoms with Gasteiger partial charge in [0.25, 0.3) is 0 Å². The normalized spacial score (nSPS) is 11.6. The number of ketones is 2. The lowest BCUT2D eigenvalue weighted by molar-refractivity contribution is 0.0794. The van der Waals surface area contributed by atoms with Gasteiger partial charge in [0.15, 0.2) is 11.6 Å². The van der Waals surface area contributed by atoms with Crippen molar-refractivity contribution in [2.75, 3.05) is 26.3 Å². The molecule has 4 aromatic carbocycles. The quantitative estimate of drug-likeness (QED) is 0.0768. The number of alkyl halides is 1. The van der Waals surface area contributed by atoms with Crippen molar-refractivity contribution in [1.82, 2.24) is 10.2 Å². The van der Waals surface area contributed by atoms with Crippen molar-refractivity contribution in [1.29, 1.82) is 0 Å². The van der Waals surface area contributed by atoms with E-state index in [2.05, 4.69) is 33.4 Å². The Hall–Kier alpha value is -3.46. The van der Waals surface area contributed by atoms with Gasteiger partial charge in [-0.2, -0.15) is 0 Å². The Labute approximate surface area is 284 Å². The average molecular weight is 692 g/mol. The number of benzene rings is 4. The van der Waals surface area contributed by atoms with Gasteiger partial charge in [-0.05, 0) is 38.8 Å². The Morgan fingerprint density at radius 3 is 1.59 bits per heavy atom. The van der Waals surface area contributed by atoms with Crippen molar-refractivity contribution in [3.05, 3.63) is 143 Å². The summed E-state index contributed by atoms with van der Waals surface area (Å²) in [5, 5.41) is 20.9. The number of rotatable bonds is 13. The fourth-order valence-electron chi connectivity index (χ4n) is 4.34. The number of aliphatic hydroxyl groups is 2. The zero-order valence-electron chi connectivity index (χ0n) is 26.8. The molecule has 0 saturated carbocycles. The van der Waals surface area contributed by atoms with E-state index in [9.17, 15) is 14.7 Å². The first kappa shape index (κ1) is 40.6. The summed E-state index contributed by atoms with van der Waals surface area (Å²) in [6.45, 7) is 10.6. The molecule has 248 valence electrons. The molecule has 0 saturated heterocycles. The Kier molecular flexibility index (Phi) is 20.2. The number of halogens is 1. The van der Waals surface area contributed by atoms with Gasteiger partial charge in [0.1, 0.15) is 0 Å². The summed E-state index contributed by atoms with van der Waals surface area (Å²) in [5.74, 6) is 0.222.